The molecule has 2 N–H and O–H groups in total. The molecule has 0 aliphatic heterocycles. The molecular formula is C13H17FO5. The van der Waals surface area contributed by atoms with E-state index < -0.39 is 24.0 Å². The lowest BCUT2D eigenvalue weighted by atomic mass is 10.0. The van der Waals surface area contributed by atoms with Crippen LogP contribution in [0.15, 0.2) is 18.2 Å². The molecule has 2 unspecified atom stereocenters. The van der Waals surface area contributed by atoms with Crippen molar-refractivity contribution in [1.29, 1.82) is 0 Å². The smallest absolute Gasteiger partial charge is 0.308 e. The Bertz CT molecular complexity index is 435. The average molecular weight is 272 g/mol. The lowest BCUT2D eigenvalue weighted by Gasteiger charge is -2.18. The van der Waals surface area contributed by atoms with Crippen LogP contribution in [0.4, 0.5) is 4.39 Å². The Hall–Kier alpha value is -1.66. The SMILES string of the molecule is CCOC(=O)CC(O)C(O)c1ccc(F)c(OC)c1. The third-order valence-electron chi connectivity index (χ3n) is 2.56. The molecular weight excluding hydrogens is 255 g/mol. The Balaban J connectivity index is 2.76. The van der Waals surface area contributed by atoms with Crippen molar-refractivity contribution in [3.63, 3.8) is 0 Å². The molecule has 0 saturated heterocycles. The molecule has 1 aromatic carbocycles. The zero-order valence-corrected chi connectivity index (χ0v) is 10.8. The van der Waals surface area contributed by atoms with Crippen molar-refractivity contribution in [2.45, 2.75) is 25.6 Å². The van der Waals surface area contributed by atoms with Crippen LogP contribution in [-0.2, 0) is 9.53 Å². The topological polar surface area (TPSA) is 76.0 Å². The predicted molar refractivity (Wildman–Crippen MR) is 65.2 cm³/mol. The summed E-state index contributed by atoms with van der Waals surface area (Å²) in [4.78, 5) is 11.2. The summed E-state index contributed by atoms with van der Waals surface area (Å²) < 4.78 is 22.6. The number of benzene rings is 1. The summed E-state index contributed by atoms with van der Waals surface area (Å²) >= 11 is 0. The summed E-state index contributed by atoms with van der Waals surface area (Å²) in [5.74, 6) is -1.22. The normalized spacial score (nSPS) is 13.7. The van der Waals surface area contributed by atoms with Gasteiger partial charge in [0.2, 0.25) is 0 Å². The van der Waals surface area contributed by atoms with Gasteiger partial charge in [0, 0.05) is 0 Å². The maximum absolute atomic E-state index is 13.2. The molecule has 0 saturated carbocycles. The highest BCUT2D eigenvalue weighted by molar-refractivity contribution is 5.70. The zero-order chi connectivity index (χ0) is 14.4. The molecule has 19 heavy (non-hydrogen) atoms. The zero-order valence-electron chi connectivity index (χ0n) is 10.8. The van der Waals surface area contributed by atoms with E-state index in [1.54, 1.807) is 6.92 Å². The van der Waals surface area contributed by atoms with Gasteiger partial charge >= 0.3 is 5.97 Å². The van der Waals surface area contributed by atoms with Crippen molar-refractivity contribution in [3.8, 4) is 5.75 Å². The highest BCUT2D eigenvalue weighted by atomic mass is 19.1. The molecule has 0 spiro atoms. The van der Waals surface area contributed by atoms with Crippen LogP contribution in [-0.4, -0.2) is 36.0 Å². The van der Waals surface area contributed by atoms with Crippen LogP contribution in [0.5, 0.6) is 5.75 Å². The summed E-state index contributed by atoms with van der Waals surface area (Å²) in [7, 11) is 1.30. The maximum atomic E-state index is 13.2. The van der Waals surface area contributed by atoms with E-state index in [2.05, 4.69) is 4.74 Å². The highest BCUT2D eigenvalue weighted by Crippen LogP contribution is 2.25. The van der Waals surface area contributed by atoms with Crippen molar-refractivity contribution in [2.75, 3.05) is 13.7 Å². The number of ether oxygens (including phenoxy) is 2. The van der Waals surface area contributed by atoms with Crippen LogP contribution in [0.1, 0.15) is 25.0 Å². The van der Waals surface area contributed by atoms with Crippen LogP contribution >= 0.6 is 0 Å². The molecule has 2 atom stereocenters. The number of esters is 1. The number of rotatable bonds is 6. The van der Waals surface area contributed by atoms with Crippen LogP contribution < -0.4 is 4.74 Å². The molecule has 0 aliphatic carbocycles. The molecule has 0 aliphatic rings. The summed E-state index contributed by atoms with van der Waals surface area (Å²) in [6, 6.07) is 3.71. The first-order valence-electron chi connectivity index (χ1n) is 5.84. The van der Waals surface area contributed by atoms with Gasteiger partial charge in [-0.15, -0.1) is 0 Å². The molecule has 0 radical (unpaired) electrons. The van der Waals surface area contributed by atoms with Crippen molar-refractivity contribution >= 4 is 5.97 Å². The van der Waals surface area contributed by atoms with E-state index in [1.807, 2.05) is 0 Å². The molecule has 0 fully saturated rings. The number of carbonyl (C=O) groups excluding carboxylic acids is 1. The maximum Gasteiger partial charge on any atom is 0.308 e. The predicted octanol–water partition coefficient (Wildman–Crippen LogP) is 1.18. The van der Waals surface area contributed by atoms with Crippen LogP contribution in [0.2, 0.25) is 0 Å². The van der Waals surface area contributed by atoms with Gasteiger partial charge in [0.15, 0.2) is 11.6 Å². The van der Waals surface area contributed by atoms with Gasteiger partial charge in [-0.1, -0.05) is 6.07 Å². The van der Waals surface area contributed by atoms with Crippen molar-refractivity contribution in [1.82, 2.24) is 0 Å². The van der Waals surface area contributed by atoms with E-state index in [4.69, 9.17) is 4.74 Å². The number of carbonyl (C=O) groups is 1. The first kappa shape index (κ1) is 15.4. The number of aliphatic hydroxyl groups excluding tert-OH is 2. The lowest BCUT2D eigenvalue weighted by molar-refractivity contribution is -0.147. The Morgan fingerprint density at radius 1 is 1.42 bits per heavy atom. The second kappa shape index (κ2) is 7.06. The van der Waals surface area contributed by atoms with Crippen molar-refractivity contribution in [3.05, 3.63) is 29.6 Å². The second-order valence-electron chi connectivity index (χ2n) is 3.92. The van der Waals surface area contributed by atoms with Gasteiger partial charge in [-0.3, -0.25) is 4.79 Å². The van der Waals surface area contributed by atoms with Crippen molar-refractivity contribution in [2.24, 2.45) is 0 Å². The van der Waals surface area contributed by atoms with Gasteiger partial charge in [-0.05, 0) is 24.6 Å². The fraction of sp³-hybridized carbons (Fsp3) is 0.462. The van der Waals surface area contributed by atoms with E-state index in [-0.39, 0.29) is 24.3 Å². The lowest BCUT2D eigenvalue weighted by Crippen LogP contribution is -2.23. The van der Waals surface area contributed by atoms with Gasteiger partial charge in [0.1, 0.15) is 6.10 Å². The Morgan fingerprint density at radius 3 is 2.68 bits per heavy atom. The van der Waals surface area contributed by atoms with E-state index in [0.717, 1.165) is 6.07 Å². The molecule has 106 valence electrons. The number of methoxy groups -OCH3 is 1. The molecule has 0 heterocycles. The summed E-state index contributed by atoms with van der Waals surface area (Å²) in [5, 5.41) is 19.6. The molecule has 1 rings (SSSR count). The quantitative estimate of drug-likeness (QED) is 0.761. The van der Waals surface area contributed by atoms with Gasteiger partial charge < -0.3 is 19.7 Å². The molecule has 5 nitrogen and oxygen atoms in total. The first-order chi connectivity index (χ1) is 8.99. The van der Waals surface area contributed by atoms with E-state index in [9.17, 15) is 19.4 Å². The van der Waals surface area contributed by atoms with E-state index in [1.165, 1.54) is 19.2 Å². The van der Waals surface area contributed by atoms with E-state index in [0.29, 0.717) is 0 Å². The monoisotopic (exact) mass is 272 g/mol. The molecule has 0 aromatic heterocycles. The molecule has 0 amide bonds. The number of hydrogen-bond donors (Lipinski definition) is 2. The average Bonchev–Trinajstić information content (AvgIpc) is 2.38. The minimum absolute atomic E-state index is 0.0418. The molecule has 6 heteroatoms. The minimum Gasteiger partial charge on any atom is -0.494 e. The third-order valence-corrected chi connectivity index (χ3v) is 2.56. The number of halogens is 1. The first-order valence-corrected chi connectivity index (χ1v) is 5.84. The Labute approximate surface area is 110 Å². The van der Waals surface area contributed by atoms with Crippen LogP contribution in [0.25, 0.3) is 0 Å². The summed E-state index contributed by atoms with van der Waals surface area (Å²) in [5.41, 5.74) is 0.259. The van der Waals surface area contributed by atoms with Gasteiger partial charge in [0.25, 0.3) is 0 Å². The third kappa shape index (κ3) is 4.18. The Kier molecular flexibility index (Phi) is 5.72. The van der Waals surface area contributed by atoms with Crippen molar-refractivity contribution < 1.29 is 28.9 Å². The summed E-state index contributed by atoms with van der Waals surface area (Å²) in [6.07, 6.45) is -2.98. The number of hydrogen-bond acceptors (Lipinski definition) is 5. The van der Waals surface area contributed by atoms with Gasteiger partial charge in [-0.2, -0.15) is 0 Å². The second-order valence-corrected chi connectivity index (χ2v) is 3.92. The van der Waals surface area contributed by atoms with Gasteiger partial charge in [0.05, 0.1) is 26.2 Å². The van der Waals surface area contributed by atoms with Gasteiger partial charge in [-0.25, -0.2) is 4.39 Å². The fourth-order valence-corrected chi connectivity index (χ4v) is 1.58. The Morgan fingerprint density at radius 2 is 2.11 bits per heavy atom. The van der Waals surface area contributed by atoms with Crippen LogP contribution in [0, 0.1) is 5.82 Å². The minimum atomic E-state index is -1.32. The summed E-state index contributed by atoms with van der Waals surface area (Å²) in [6.45, 7) is 1.84. The van der Waals surface area contributed by atoms with Crippen LogP contribution in [0.3, 0.4) is 0 Å². The number of aliphatic hydroxyl groups is 2. The molecule has 0 bridgehead atoms. The van der Waals surface area contributed by atoms with E-state index >= 15 is 0 Å². The molecule has 1 aromatic rings. The highest BCUT2D eigenvalue weighted by Gasteiger charge is 2.23. The standard InChI is InChI=1S/C13H17FO5/c1-3-19-12(16)7-10(15)13(17)8-4-5-9(14)11(6-8)18-2/h4-6,10,13,15,17H,3,7H2,1-2H3. The fourth-order valence-electron chi connectivity index (χ4n) is 1.58. The largest absolute Gasteiger partial charge is 0.494 e.